The lowest BCUT2D eigenvalue weighted by atomic mass is 10.0. The third kappa shape index (κ3) is 9.08. The van der Waals surface area contributed by atoms with Gasteiger partial charge in [-0.3, -0.25) is 13.9 Å². The zero-order chi connectivity index (χ0) is 33.3. The molecule has 0 aliphatic heterocycles. The van der Waals surface area contributed by atoms with Gasteiger partial charge in [-0.05, 0) is 77.7 Å². The molecule has 0 heterocycles. The standard InChI is InChI=1S/C35H37ClFN3O5S/c1-25(2)22-38-35(42)33(21-26-7-5-4-6-8-26)39(23-27-9-11-28(36)12-10-27)34(41)24-40(30-15-13-29(37)14-16-30)46(43,44)32-19-17-31(45-3)18-20-32/h4-20,25,33H,21-24H2,1-3H3,(H,38,42). The Morgan fingerprint density at radius 3 is 2.09 bits per heavy atom. The fourth-order valence-electron chi connectivity index (χ4n) is 4.77. The fourth-order valence-corrected chi connectivity index (χ4v) is 6.31. The van der Waals surface area contributed by atoms with Gasteiger partial charge in [-0.2, -0.15) is 0 Å². The Morgan fingerprint density at radius 1 is 0.870 bits per heavy atom. The number of sulfonamides is 1. The zero-order valence-corrected chi connectivity index (χ0v) is 27.5. The molecule has 0 radical (unpaired) electrons. The lowest BCUT2D eigenvalue weighted by Gasteiger charge is -2.34. The van der Waals surface area contributed by atoms with Crippen LogP contribution in [-0.2, 0) is 32.6 Å². The van der Waals surface area contributed by atoms with Crippen molar-refractivity contribution in [2.24, 2.45) is 5.92 Å². The summed E-state index contributed by atoms with van der Waals surface area (Å²) in [5.41, 5.74) is 1.60. The summed E-state index contributed by atoms with van der Waals surface area (Å²) in [4.78, 5) is 29.5. The Morgan fingerprint density at radius 2 is 1.50 bits per heavy atom. The Kier molecular flexibility index (Phi) is 11.8. The number of carbonyl (C=O) groups is 2. The van der Waals surface area contributed by atoms with Crippen molar-refractivity contribution in [3.05, 3.63) is 125 Å². The average Bonchev–Trinajstić information content (AvgIpc) is 3.05. The average molecular weight is 666 g/mol. The highest BCUT2D eigenvalue weighted by Crippen LogP contribution is 2.27. The Labute approximate surface area is 274 Å². The third-order valence-corrected chi connectivity index (χ3v) is 9.30. The van der Waals surface area contributed by atoms with Crippen LogP contribution in [0, 0.1) is 11.7 Å². The molecule has 1 N–H and O–H groups in total. The van der Waals surface area contributed by atoms with Crippen LogP contribution in [0.4, 0.5) is 10.1 Å². The first-order chi connectivity index (χ1) is 22.0. The van der Waals surface area contributed by atoms with Crippen LogP contribution in [0.1, 0.15) is 25.0 Å². The molecule has 0 saturated carbocycles. The number of carbonyl (C=O) groups excluding carboxylic acids is 2. The highest BCUT2D eigenvalue weighted by Gasteiger charge is 2.34. The molecule has 46 heavy (non-hydrogen) atoms. The van der Waals surface area contributed by atoms with Gasteiger partial charge in [0.15, 0.2) is 0 Å². The van der Waals surface area contributed by atoms with E-state index in [0.717, 1.165) is 22.0 Å². The summed E-state index contributed by atoms with van der Waals surface area (Å²) in [5.74, 6) is -0.951. The third-order valence-electron chi connectivity index (χ3n) is 7.26. The van der Waals surface area contributed by atoms with Crippen LogP contribution in [-0.4, -0.2) is 51.4 Å². The van der Waals surface area contributed by atoms with Gasteiger partial charge in [0.2, 0.25) is 11.8 Å². The molecule has 0 saturated heterocycles. The molecule has 4 rings (SSSR count). The monoisotopic (exact) mass is 665 g/mol. The van der Waals surface area contributed by atoms with Gasteiger partial charge in [0, 0.05) is 24.5 Å². The van der Waals surface area contributed by atoms with Gasteiger partial charge in [0.1, 0.15) is 24.2 Å². The van der Waals surface area contributed by atoms with Crippen LogP contribution in [0.2, 0.25) is 5.02 Å². The van der Waals surface area contributed by atoms with Crippen molar-refractivity contribution < 1.29 is 27.1 Å². The number of hydrogen-bond acceptors (Lipinski definition) is 5. The molecule has 0 spiro atoms. The van der Waals surface area contributed by atoms with Crippen molar-refractivity contribution in [3.8, 4) is 5.75 Å². The van der Waals surface area contributed by atoms with E-state index in [1.165, 1.54) is 48.4 Å². The second-order valence-corrected chi connectivity index (χ2v) is 13.5. The molecule has 0 fully saturated rings. The van der Waals surface area contributed by atoms with Crippen LogP contribution < -0.4 is 14.4 Å². The number of amides is 2. The molecule has 4 aromatic carbocycles. The van der Waals surface area contributed by atoms with Crippen molar-refractivity contribution in [1.82, 2.24) is 10.2 Å². The van der Waals surface area contributed by atoms with E-state index in [0.29, 0.717) is 22.9 Å². The maximum absolute atomic E-state index is 14.4. The minimum absolute atomic E-state index is 0.00242. The summed E-state index contributed by atoms with van der Waals surface area (Å²) in [7, 11) is -2.87. The minimum Gasteiger partial charge on any atom is -0.497 e. The summed E-state index contributed by atoms with van der Waals surface area (Å²) < 4.78 is 48.2. The number of rotatable bonds is 14. The van der Waals surface area contributed by atoms with E-state index >= 15 is 0 Å². The second kappa shape index (κ2) is 15.7. The van der Waals surface area contributed by atoms with E-state index in [1.807, 2.05) is 44.2 Å². The fraction of sp³-hybridized carbons (Fsp3) is 0.257. The summed E-state index contributed by atoms with van der Waals surface area (Å²) in [6, 6.07) is 25.8. The Hall–Kier alpha value is -4.41. The molecule has 11 heteroatoms. The molecule has 1 unspecified atom stereocenters. The highest BCUT2D eigenvalue weighted by molar-refractivity contribution is 7.92. The predicted octanol–water partition coefficient (Wildman–Crippen LogP) is 6.10. The van der Waals surface area contributed by atoms with E-state index in [2.05, 4.69) is 5.32 Å². The van der Waals surface area contributed by atoms with Crippen LogP contribution in [0.3, 0.4) is 0 Å². The normalized spacial score (nSPS) is 12.0. The number of nitrogens with one attached hydrogen (secondary N) is 1. The smallest absolute Gasteiger partial charge is 0.264 e. The molecule has 242 valence electrons. The summed E-state index contributed by atoms with van der Waals surface area (Å²) in [6.45, 7) is 3.67. The summed E-state index contributed by atoms with van der Waals surface area (Å²) in [5, 5.41) is 3.46. The van der Waals surface area contributed by atoms with Gasteiger partial charge in [0.25, 0.3) is 10.0 Å². The maximum atomic E-state index is 14.4. The molecule has 0 bridgehead atoms. The van der Waals surface area contributed by atoms with Crippen molar-refractivity contribution >= 4 is 39.1 Å². The maximum Gasteiger partial charge on any atom is 0.264 e. The molecule has 0 aromatic heterocycles. The largest absolute Gasteiger partial charge is 0.497 e. The van der Waals surface area contributed by atoms with Crippen molar-refractivity contribution in [1.29, 1.82) is 0 Å². The van der Waals surface area contributed by atoms with Crippen LogP contribution in [0.15, 0.2) is 108 Å². The first-order valence-electron chi connectivity index (χ1n) is 14.8. The lowest BCUT2D eigenvalue weighted by Crippen LogP contribution is -2.53. The van der Waals surface area contributed by atoms with Crippen LogP contribution in [0.25, 0.3) is 0 Å². The molecule has 0 aliphatic rings. The van der Waals surface area contributed by atoms with Crippen molar-refractivity contribution in [2.75, 3.05) is 24.5 Å². The number of nitrogens with zero attached hydrogens (tertiary/aromatic N) is 2. The van der Waals surface area contributed by atoms with Gasteiger partial charge in [-0.25, -0.2) is 12.8 Å². The van der Waals surface area contributed by atoms with Gasteiger partial charge in [-0.15, -0.1) is 0 Å². The van der Waals surface area contributed by atoms with E-state index in [9.17, 15) is 22.4 Å². The first-order valence-corrected chi connectivity index (χ1v) is 16.6. The van der Waals surface area contributed by atoms with Crippen LogP contribution in [0.5, 0.6) is 5.75 Å². The van der Waals surface area contributed by atoms with E-state index in [-0.39, 0.29) is 35.4 Å². The van der Waals surface area contributed by atoms with E-state index in [1.54, 1.807) is 24.3 Å². The first kappa shape index (κ1) is 34.5. The predicted molar refractivity (Wildman–Crippen MR) is 178 cm³/mol. The van der Waals surface area contributed by atoms with Gasteiger partial charge in [0.05, 0.1) is 17.7 Å². The van der Waals surface area contributed by atoms with Gasteiger partial charge < -0.3 is 15.0 Å². The summed E-state index contributed by atoms with van der Waals surface area (Å²) >= 11 is 6.12. The van der Waals surface area contributed by atoms with E-state index < -0.39 is 34.3 Å². The zero-order valence-electron chi connectivity index (χ0n) is 25.9. The molecule has 1 atom stereocenters. The summed E-state index contributed by atoms with van der Waals surface area (Å²) in [6.07, 6.45) is 0.186. The highest BCUT2D eigenvalue weighted by atomic mass is 35.5. The number of ether oxygens (including phenoxy) is 1. The number of methoxy groups -OCH3 is 1. The number of halogens is 2. The lowest BCUT2D eigenvalue weighted by molar-refractivity contribution is -0.140. The number of anilines is 1. The molecular formula is C35H37ClFN3O5S. The van der Waals surface area contributed by atoms with Crippen molar-refractivity contribution in [2.45, 2.75) is 37.8 Å². The van der Waals surface area contributed by atoms with E-state index in [4.69, 9.17) is 16.3 Å². The SMILES string of the molecule is COc1ccc(S(=O)(=O)N(CC(=O)N(Cc2ccc(Cl)cc2)C(Cc2ccccc2)C(=O)NCC(C)C)c2ccc(F)cc2)cc1. The van der Waals surface area contributed by atoms with Crippen molar-refractivity contribution in [3.63, 3.8) is 0 Å². The molecule has 4 aromatic rings. The molecule has 0 aliphatic carbocycles. The second-order valence-electron chi connectivity index (χ2n) is 11.2. The quantitative estimate of drug-likeness (QED) is 0.176. The minimum atomic E-state index is -4.34. The number of benzene rings is 4. The van der Waals surface area contributed by atoms with Crippen LogP contribution >= 0.6 is 11.6 Å². The van der Waals surface area contributed by atoms with Gasteiger partial charge in [-0.1, -0.05) is 67.9 Å². The molecule has 2 amide bonds. The Bertz CT molecular complexity index is 1700. The molecule has 8 nitrogen and oxygen atoms in total. The Balaban J connectivity index is 1.79. The molecular weight excluding hydrogens is 629 g/mol. The van der Waals surface area contributed by atoms with Gasteiger partial charge >= 0.3 is 0 Å². The number of hydrogen-bond donors (Lipinski definition) is 1. The topological polar surface area (TPSA) is 96.0 Å².